The summed E-state index contributed by atoms with van der Waals surface area (Å²) in [6.45, 7) is 13.6. The zero-order valence-electron chi connectivity index (χ0n) is 47.9. The zero-order valence-corrected chi connectivity index (χ0v) is 49.5. The van der Waals surface area contributed by atoms with Crippen LogP contribution in [0, 0.1) is 51.8 Å². The van der Waals surface area contributed by atoms with Gasteiger partial charge in [0.25, 0.3) is 11.4 Å². The highest BCUT2D eigenvalue weighted by atomic mass is 35.5. The molecule has 0 spiro atoms. The monoisotopic (exact) mass is 1140 g/mol. The quantitative estimate of drug-likeness (QED) is 0.0467. The molecule has 0 radical (unpaired) electrons. The minimum Gasteiger partial charge on any atom is -0.497 e. The molecule has 1 aromatic carbocycles. The predicted octanol–water partition coefficient (Wildman–Crippen LogP) is 9.07. The summed E-state index contributed by atoms with van der Waals surface area (Å²) in [5, 5.41) is 24.3. The Bertz CT molecular complexity index is 2520. The number of sulfonamides is 1. The molecule has 0 bridgehead atoms. The Morgan fingerprint density at radius 2 is 1.10 bits per heavy atom. The van der Waals surface area contributed by atoms with Crippen LogP contribution in [-0.4, -0.2) is 180 Å². The molecule has 20 nitrogen and oxygen atoms in total. The molecule has 3 aromatic heterocycles. The molecule has 3 saturated heterocycles. The number of pyridine rings is 3. The van der Waals surface area contributed by atoms with Crippen LogP contribution in [-0.2, 0) is 21.2 Å². The van der Waals surface area contributed by atoms with Crippen LogP contribution in [0.3, 0.4) is 0 Å². The minimum atomic E-state index is -3.72. The van der Waals surface area contributed by atoms with E-state index in [2.05, 4.69) is 87.1 Å². The van der Waals surface area contributed by atoms with Crippen molar-refractivity contribution >= 4 is 50.4 Å². The number of halogens is 1. The summed E-state index contributed by atoms with van der Waals surface area (Å²) in [5.74, 6) is 4.96. The second kappa shape index (κ2) is 34.7. The summed E-state index contributed by atoms with van der Waals surface area (Å²) in [5.41, 5.74) is 2.10. The summed E-state index contributed by atoms with van der Waals surface area (Å²) in [4.78, 5) is 56.2. The second-order valence-electron chi connectivity index (χ2n) is 21.5. The molecule has 22 heteroatoms. The fourth-order valence-corrected chi connectivity index (χ4v) is 11.2. The number of carbonyl (C=O) groups is 1. The van der Waals surface area contributed by atoms with E-state index < -0.39 is 19.9 Å². The summed E-state index contributed by atoms with van der Waals surface area (Å²) in [6.07, 6.45) is 16.0. The van der Waals surface area contributed by atoms with E-state index >= 15 is 0 Å². The van der Waals surface area contributed by atoms with Crippen molar-refractivity contribution in [2.45, 2.75) is 96.8 Å². The number of nitro groups is 2. The molecule has 3 aliphatic rings. The van der Waals surface area contributed by atoms with Gasteiger partial charge in [-0.3, -0.25) is 25.0 Å². The van der Waals surface area contributed by atoms with Gasteiger partial charge in [0.2, 0.25) is 10.0 Å². The lowest BCUT2D eigenvalue weighted by Crippen LogP contribution is -2.35. The number of ether oxygens (including phenoxy) is 1. The molecule has 3 aliphatic heterocycles. The topological polar surface area (TPSA) is 217 Å². The van der Waals surface area contributed by atoms with Gasteiger partial charge in [0, 0.05) is 70.9 Å². The van der Waals surface area contributed by atoms with Crippen molar-refractivity contribution in [2.24, 2.45) is 17.8 Å². The third-order valence-electron chi connectivity index (χ3n) is 14.4. The van der Waals surface area contributed by atoms with Crippen molar-refractivity contribution in [1.82, 2.24) is 39.3 Å². The lowest BCUT2D eigenvalue weighted by atomic mass is 9.93. The number of aryl methyl sites for hydroxylation is 2. The van der Waals surface area contributed by atoms with E-state index in [0.717, 1.165) is 80.4 Å². The third-order valence-corrected chi connectivity index (χ3v) is 16.8. The maximum absolute atomic E-state index is 13.2. The van der Waals surface area contributed by atoms with E-state index in [4.69, 9.17) is 16.3 Å². The van der Waals surface area contributed by atoms with Gasteiger partial charge < -0.3 is 34.6 Å². The molecule has 6 heterocycles. The lowest BCUT2D eigenvalue weighted by molar-refractivity contribution is -0.385. The van der Waals surface area contributed by atoms with Crippen molar-refractivity contribution in [2.75, 3.05) is 132 Å². The van der Waals surface area contributed by atoms with E-state index in [1.807, 2.05) is 12.1 Å². The van der Waals surface area contributed by atoms with E-state index in [1.54, 1.807) is 45.4 Å². The van der Waals surface area contributed by atoms with Crippen molar-refractivity contribution in [3.8, 4) is 5.75 Å². The van der Waals surface area contributed by atoms with Gasteiger partial charge >= 0.3 is 0 Å². The molecule has 1 N–H and O–H groups in total. The van der Waals surface area contributed by atoms with Crippen LogP contribution >= 0.6 is 11.6 Å². The number of piperidine rings is 3. The molecule has 3 fully saturated rings. The van der Waals surface area contributed by atoms with Crippen molar-refractivity contribution in [3.05, 3.63) is 109 Å². The number of carbonyl (C=O) groups excluding carboxylic acids is 1. The largest absolute Gasteiger partial charge is 0.497 e. The van der Waals surface area contributed by atoms with Crippen LogP contribution in [0.15, 0.2) is 72.0 Å². The molecule has 4 aromatic rings. The predicted molar refractivity (Wildman–Crippen MR) is 318 cm³/mol. The van der Waals surface area contributed by atoms with Gasteiger partial charge in [0.1, 0.15) is 40.7 Å². The van der Waals surface area contributed by atoms with E-state index in [1.165, 1.54) is 113 Å². The molecule has 0 amide bonds. The van der Waals surface area contributed by atoms with Gasteiger partial charge in [-0.25, -0.2) is 27.7 Å². The Kier molecular flexibility index (Phi) is 29.8. The number of benzene rings is 1. The number of rotatable bonds is 21. The van der Waals surface area contributed by atoms with E-state index in [-0.39, 0.29) is 54.0 Å². The summed E-state index contributed by atoms with van der Waals surface area (Å²) >= 11 is 5.38. The molecular weight excluding hydrogens is 1050 g/mol. The van der Waals surface area contributed by atoms with Crippen LogP contribution in [0.25, 0.3) is 0 Å². The second-order valence-corrected chi connectivity index (χ2v) is 23.8. The number of nitrogens with one attached hydrogen (secondary N) is 1. The fourth-order valence-electron chi connectivity index (χ4n) is 9.56. The number of nitrogens with zero attached hydrogens (tertiary/aromatic N) is 11. The highest BCUT2D eigenvalue weighted by Gasteiger charge is 2.27. The van der Waals surface area contributed by atoms with Crippen LogP contribution in [0.4, 0.5) is 23.0 Å². The molecule has 440 valence electrons. The summed E-state index contributed by atoms with van der Waals surface area (Å²) in [6, 6.07) is 13.3. The van der Waals surface area contributed by atoms with E-state index in [9.17, 15) is 33.4 Å². The van der Waals surface area contributed by atoms with Gasteiger partial charge in [-0.1, -0.05) is 25.1 Å². The maximum atomic E-state index is 13.2. The molecule has 0 saturated carbocycles. The summed E-state index contributed by atoms with van der Waals surface area (Å²) < 4.78 is 32.9. The first-order valence-corrected chi connectivity index (χ1v) is 29.0. The fraction of sp³-hybridized carbons (Fsp3) is 0.614. The average Bonchev–Trinajstić information content (AvgIpc) is 3.42. The average molecular weight is 1140 g/mol. The first-order chi connectivity index (χ1) is 37.0. The van der Waals surface area contributed by atoms with E-state index in [0.29, 0.717) is 16.9 Å². The smallest absolute Gasteiger partial charge is 0.287 e. The van der Waals surface area contributed by atoms with Crippen LogP contribution in [0.1, 0.15) is 88.3 Å². The Hall–Kier alpha value is -5.42. The van der Waals surface area contributed by atoms with Crippen molar-refractivity contribution < 1.29 is 27.8 Å². The minimum absolute atomic E-state index is 0. The lowest BCUT2D eigenvalue weighted by Gasteiger charge is -2.33. The third kappa shape index (κ3) is 24.1. The molecule has 0 aliphatic carbocycles. The van der Waals surface area contributed by atoms with Crippen LogP contribution < -0.4 is 19.9 Å². The highest BCUT2D eigenvalue weighted by Crippen LogP contribution is 2.29. The van der Waals surface area contributed by atoms with Crippen molar-refractivity contribution in [3.63, 3.8) is 0 Å². The number of Topliss-reactive ketones (excluding diaryl/α,β-unsaturated/α-hetero) is 1. The SMILES string of the molecule is C.CN(C)CCC1CCN(c2ccc([N+](=O)[O-])cn2)CC1.CN(C)CCC1CCNCC1.COc1cc(C)c(S(=O)(=O)N(C)CCC(=O)Cc2ccc(N3CCC(CCN(C)C)CC3)nc2)c(C)c1.O=[N+]([O-])c1ccc(Cl)nc1. The normalized spacial score (nSPS) is 15.3. The number of hydrogen-bond donors (Lipinski definition) is 1. The molecule has 79 heavy (non-hydrogen) atoms. The number of anilines is 2. The zero-order chi connectivity index (χ0) is 57.4. The van der Waals surface area contributed by atoms with Gasteiger partial charge in [-0.15, -0.1) is 0 Å². The number of aromatic nitrogens is 3. The summed E-state index contributed by atoms with van der Waals surface area (Å²) in [7, 11) is 12.1. The van der Waals surface area contributed by atoms with Gasteiger partial charge in [0.15, 0.2) is 0 Å². The van der Waals surface area contributed by atoms with Crippen LogP contribution in [0.5, 0.6) is 5.75 Å². The molecule has 0 atom stereocenters. The molecular formula is C57H91ClN12O8S. The number of ketones is 1. The Balaban J connectivity index is 0.000000322. The van der Waals surface area contributed by atoms with Gasteiger partial charge in [0.05, 0.1) is 21.9 Å². The van der Waals surface area contributed by atoms with Crippen molar-refractivity contribution in [1.29, 1.82) is 0 Å². The van der Waals surface area contributed by atoms with Crippen LogP contribution in [0.2, 0.25) is 5.15 Å². The standard InChI is InChI=1S/C28H42N4O4S.C14H22N4O2.C9H20N2.C5H3ClN2O2.CH4/c1-21-17-26(36-6)18-22(2)28(21)37(34,35)31(5)14-12-25(33)19-24-7-8-27(29-20-24)32-15-10-23(11-16-32)9-13-30(3)4;1-16(2)8-5-12-6-9-17(10-7-12)14-4-3-13(11-15-14)18(19)20;1-11(2)8-5-9-3-6-10-7-4-9;6-5-2-1-4(3-7-5)8(9)10;/h7-8,17-18,20,23H,9-16,19H2,1-6H3;3-4,11-12H,5-10H2,1-2H3;9-10H,3-8H2,1-2H3;1-3H;1H4. The van der Waals surface area contributed by atoms with Gasteiger partial charge in [-0.2, -0.15) is 0 Å². The Morgan fingerprint density at radius 1 is 0.671 bits per heavy atom. The Morgan fingerprint density at radius 3 is 1.48 bits per heavy atom. The number of methoxy groups -OCH3 is 1. The molecule has 7 rings (SSSR count). The molecule has 0 unspecified atom stereocenters. The first kappa shape index (κ1) is 67.9. The first-order valence-electron chi connectivity index (χ1n) is 27.2. The maximum Gasteiger partial charge on any atom is 0.287 e. The Labute approximate surface area is 476 Å². The number of hydrogen-bond acceptors (Lipinski definition) is 17. The van der Waals surface area contributed by atoms with Gasteiger partial charge in [-0.05, 0) is 211 Å². The highest BCUT2D eigenvalue weighted by molar-refractivity contribution is 7.89.